The van der Waals surface area contributed by atoms with Crippen LogP contribution in [0.1, 0.15) is 6.92 Å². The second-order valence-corrected chi connectivity index (χ2v) is 7.11. The number of hydrogen-bond acceptors (Lipinski definition) is 6. The molecule has 1 aromatic carbocycles. The molecule has 1 amide bonds. The maximum absolute atomic E-state index is 13.4. The minimum absolute atomic E-state index is 0.0212. The van der Waals surface area contributed by atoms with E-state index >= 15 is 0 Å². The first-order chi connectivity index (χ1) is 13.9. The van der Waals surface area contributed by atoms with Crippen molar-refractivity contribution in [2.24, 2.45) is 5.73 Å². The average Bonchev–Trinajstić information content (AvgIpc) is 3.04. The Kier molecular flexibility index (Phi) is 5.27. The quantitative estimate of drug-likeness (QED) is 0.784. The van der Waals surface area contributed by atoms with Crippen LogP contribution in [-0.2, 0) is 16.1 Å². The first-order valence-electron chi connectivity index (χ1n) is 9.47. The topological polar surface area (TPSA) is 94.6 Å². The highest BCUT2D eigenvalue weighted by Gasteiger charge is 2.33. The van der Waals surface area contributed by atoms with E-state index in [1.54, 1.807) is 24.1 Å². The summed E-state index contributed by atoms with van der Waals surface area (Å²) in [6, 6.07) is 3.89. The Balaban J connectivity index is 1.65. The fourth-order valence-electron chi connectivity index (χ4n) is 3.53. The third kappa shape index (κ3) is 3.84. The molecule has 2 aliphatic heterocycles. The number of benzene rings is 1. The van der Waals surface area contributed by atoms with Crippen LogP contribution in [0, 0.1) is 0 Å². The van der Waals surface area contributed by atoms with Crippen molar-refractivity contribution >= 4 is 17.4 Å². The van der Waals surface area contributed by atoms with Gasteiger partial charge in [-0.3, -0.25) is 4.79 Å². The highest BCUT2D eigenvalue weighted by atomic mass is 19.3. The summed E-state index contributed by atoms with van der Waals surface area (Å²) in [4.78, 5) is 17.6. The zero-order valence-electron chi connectivity index (χ0n) is 16.0. The molecular formula is C19H23F2N5O3. The average molecular weight is 407 g/mol. The van der Waals surface area contributed by atoms with E-state index in [4.69, 9.17) is 15.2 Å². The van der Waals surface area contributed by atoms with Gasteiger partial charge in [0.25, 0.3) is 6.43 Å². The first kappa shape index (κ1) is 19.4. The van der Waals surface area contributed by atoms with E-state index in [1.807, 2.05) is 16.7 Å². The van der Waals surface area contributed by atoms with Crippen LogP contribution in [0.4, 0.5) is 20.3 Å². The number of amides is 1. The number of imidazole rings is 1. The summed E-state index contributed by atoms with van der Waals surface area (Å²) in [5.41, 5.74) is 6.76. The van der Waals surface area contributed by atoms with Gasteiger partial charge in [0.05, 0.1) is 25.3 Å². The molecule has 3 heterocycles. The van der Waals surface area contributed by atoms with Gasteiger partial charge in [0, 0.05) is 24.5 Å². The predicted octanol–water partition coefficient (Wildman–Crippen LogP) is 1.70. The lowest BCUT2D eigenvalue weighted by Crippen LogP contribution is -2.49. The fourth-order valence-corrected chi connectivity index (χ4v) is 3.53. The molecule has 0 aliphatic carbocycles. The molecular weight excluding hydrogens is 384 g/mol. The minimum atomic E-state index is -2.52. The van der Waals surface area contributed by atoms with Gasteiger partial charge >= 0.3 is 0 Å². The molecule has 0 spiro atoms. The number of carbonyl (C=O) groups is 1. The second-order valence-electron chi connectivity index (χ2n) is 7.11. The van der Waals surface area contributed by atoms with E-state index < -0.39 is 24.4 Å². The second kappa shape index (κ2) is 7.86. The summed E-state index contributed by atoms with van der Waals surface area (Å²) in [6.07, 6.45) is -0.733. The molecule has 10 heteroatoms. The number of hydrogen-bond donors (Lipinski definition) is 2. The summed E-state index contributed by atoms with van der Waals surface area (Å²) >= 11 is 0. The molecule has 0 bridgehead atoms. The number of aromatic nitrogens is 2. The molecule has 3 N–H and O–H groups in total. The molecule has 1 fully saturated rings. The van der Waals surface area contributed by atoms with Gasteiger partial charge in [0.1, 0.15) is 36.1 Å². The normalized spacial score (nSPS) is 19.7. The molecule has 8 nitrogen and oxygen atoms in total. The van der Waals surface area contributed by atoms with Gasteiger partial charge in [-0.2, -0.15) is 0 Å². The lowest BCUT2D eigenvalue weighted by molar-refractivity contribution is -0.118. The van der Waals surface area contributed by atoms with E-state index in [0.717, 1.165) is 5.56 Å². The summed E-state index contributed by atoms with van der Waals surface area (Å²) in [7, 11) is 0. The van der Waals surface area contributed by atoms with E-state index in [9.17, 15) is 13.6 Å². The monoisotopic (exact) mass is 407 g/mol. The molecule has 29 heavy (non-hydrogen) atoms. The molecule has 0 unspecified atom stereocenters. The zero-order chi connectivity index (χ0) is 20.5. The Morgan fingerprint density at radius 3 is 2.93 bits per heavy atom. The number of ether oxygens (including phenoxy) is 2. The fraction of sp³-hybridized carbons (Fsp3) is 0.474. The Morgan fingerprint density at radius 2 is 2.17 bits per heavy atom. The van der Waals surface area contributed by atoms with Gasteiger partial charge in [-0.1, -0.05) is 0 Å². The molecule has 2 aromatic rings. The van der Waals surface area contributed by atoms with Crippen molar-refractivity contribution in [3.05, 3.63) is 24.4 Å². The zero-order valence-corrected chi connectivity index (χ0v) is 16.0. The Hall–Kier alpha value is -2.88. The maximum atomic E-state index is 13.4. The number of nitrogens with two attached hydrogens (primary N) is 1. The molecule has 1 saturated heterocycles. The summed E-state index contributed by atoms with van der Waals surface area (Å²) < 4.78 is 39.8. The van der Waals surface area contributed by atoms with E-state index in [-0.39, 0.29) is 6.61 Å². The number of fused-ring (bicyclic) bond motifs is 3. The molecule has 2 aliphatic rings. The van der Waals surface area contributed by atoms with Gasteiger partial charge in [-0.15, -0.1) is 0 Å². The number of primary amides is 1. The third-order valence-corrected chi connectivity index (χ3v) is 5.14. The van der Waals surface area contributed by atoms with Crippen LogP contribution in [0.3, 0.4) is 0 Å². The maximum Gasteiger partial charge on any atom is 0.260 e. The number of rotatable bonds is 5. The number of carbonyl (C=O) groups excluding carboxylic acids is 1. The number of halogens is 2. The molecule has 4 rings (SSSR count). The van der Waals surface area contributed by atoms with Crippen LogP contribution >= 0.6 is 0 Å². The van der Waals surface area contributed by atoms with Gasteiger partial charge in [0.15, 0.2) is 0 Å². The lowest BCUT2D eigenvalue weighted by atomic mass is 10.1. The number of nitrogens with one attached hydrogen (secondary N) is 1. The Morgan fingerprint density at radius 1 is 1.34 bits per heavy atom. The van der Waals surface area contributed by atoms with Crippen molar-refractivity contribution < 1.29 is 23.0 Å². The predicted molar refractivity (Wildman–Crippen MR) is 103 cm³/mol. The van der Waals surface area contributed by atoms with Crippen molar-refractivity contribution in [2.75, 3.05) is 36.6 Å². The van der Waals surface area contributed by atoms with Gasteiger partial charge in [-0.05, 0) is 19.1 Å². The SMILES string of the molecule is C[C@H](Nc1ccc2c(c1)OCCn1cc(N3CCOC[C@H]3C(F)F)nc1-2)C(N)=O. The van der Waals surface area contributed by atoms with Gasteiger partial charge in [0.2, 0.25) is 5.91 Å². The molecule has 0 radical (unpaired) electrons. The summed E-state index contributed by atoms with van der Waals surface area (Å²) in [6.45, 7) is 3.36. The Labute approximate surface area is 166 Å². The lowest BCUT2D eigenvalue weighted by Gasteiger charge is -2.35. The van der Waals surface area contributed by atoms with Crippen molar-refractivity contribution in [1.82, 2.24) is 9.55 Å². The van der Waals surface area contributed by atoms with Crippen LogP contribution in [0.2, 0.25) is 0 Å². The third-order valence-electron chi connectivity index (χ3n) is 5.14. The molecule has 2 atom stereocenters. The van der Waals surface area contributed by atoms with Crippen LogP contribution in [0.25, 0.3) is 11.4 Å². The highest BCUT2D eigenvalue weighted by molar-refractivity contribution is 5.83. The minimum Gasteiger partial charge on any atom is -0.491 e. The van der Waals surface area contributed by atoms with E-state index in [0.29, 0.717) is 49.4 Å². The first-order valence-corrected chi connectivity index (χ1v) is 9.47. The highest BCUT2D eigenvalue weighted by Crippen LogP contribution is 2.36. The number of morpholine rings is 1. The van der Waals surface area contributed by atoms with Crippen molar-refractivity contribution in [3.8, 4) is 17.1 Å². The van der Waals surface area contributed by atoms with Crippen LogP contribution < -0.4 is 20.7 Å². The van der Waals surface area contributed by atoms with Gasteiger partial charge < -0.3 is 30.0 Å². The molecule has 156 valence electrons. The van der Waals surface area contributed by atoms with Crippen molar-refractivity contribution in [3.63, 3.8) is 0 Å². The summed E-state index contributed by atoms with van der Waals surface area (Å²) in [5.74, 6) is 1.31. The van der Waals surface area contributed by atoms with Crippen molar-refractivity contribution in [2.45, 2.75) is 32.0 Å². The van der Waals surface area contributed by atoms with Crippen LogP contribution in [-0.4, -0.2) is 60.3 Å². The molecule has 1 aromatic heterocycles. The largest absolute Gasteiger partial charge is 0.491 e. The van der Waals surface area contributed by atoms with Crippen LogP contribution in [0.15, 0.2) is 24.4 Å². The van der Waals surface area contributed by atoms with Crippen molar-refractivity contribution in [1.29, 1.82) is 0 Å². The standard InChI is InChI=1S/C19H23F2N5O3/c1-11(18(22)27)23-12-2-3-13-15(8-12)29-7-4-25-9-16(24-19(13)25)26-5-6-28-10-14(26)17(20)21/h2-3,8-9,11,14,17,23H,4-7,10H2,1H3,(H2,22,27)/t11-,14-/m0/s1. The van der Waals surface area contributed by atoms with Gasteiger partial charge in [-0.25, -0.2) is 13.8 Å². The smallest absolute Gasteiger partial charge is 0.260 e. The number of alkyl halides is 2. The molecule has 0 saturated carbocycles. The van der Waals surface area contributed by atoms with E-state index in [1.165, 1.54) is 0 Å². The summed E-state index contributed by atoms with van der Waals surface area (Å²) in [5, 5.41) is 3.02. The van der Waals surface area contributed by atoms with E-state index in [2.05, 4.69) is 10.3 Å². The number of anilines is 2. The number of nitrogens with zero attached hydrogens (tertiary/aromatic N) is 3. The Bertz CT molecular complexity index is 904. The van der Waals surface area contributed by atoms with Crippen LogP contribution in [0.5, 0.6) is 5.75 Å².